The highest BCUT2D eigenvalue weighted by molar-refractivity contribution is 7.89. The van der Waals surface area contributed by atoms with Gasteiger partial charge in [0.15, 0.2) is 0 Å². The summed E-state index contributed by atoms with van der Waals surface area (Å²) in [6.45, 7) is 10.5. The molecule has 0 radical (unpaired) electrons. The minimum atomic E-state index is -3.68. The maximum Gasteiger partial charge on any atom is 0.243 e. The minimum absolute atomic E-state index is 0.0595. The van der Waals surface area contributed by atoms with Crippen LogP contribution in [0.15, 0.2) is 108 Å². The summed E-state index contributed by atoms with van der Waals surface area (Å²) in [7, 11) is -3.68. The second kappa shape index (κ2) is 14.6. The molecule has 0 aliphatic carbocycles. The first-order chi connectivity index (χ1) is 22.0. The maximum absolute atomic E-state index is 13.6. The van der Waals surface area contributed by atoms with Crippen LogP contribution >= 0.6 is 0 Å². The Morgan fingerprint density at radius 2 is 1.41 bits per heavy atom. The number of anilines is 1. The highest BCUT2D eigenvalue weighted by atomic mass is 32.2. The van der Waals surface area contributed by atoms with Gasteiger partial charge in [-0.2, -0.15) is 4.31 Å². The number of rotatable bonds is 12. The molecule has 242 valence electrons. The van der Waals surface area contributed by atoms with Crippen LogP contribution < -0.4 is 10.1 Å². The van der Waals surface area contributed by atoms with Gasteiger partial charge in [-0.05, 0) is 79.3 Å². The topological polar surface area (TPSA) is 78.9 Å². The number of nitrogens with zero attached hydrogens (tertiary/aromatic N) is 2. The molecule has 1 aliphatic heterocycles. The predicted octanol–water partition coefficient (Wildman–Crippen LogP) is 7.22. The lowest BCUT2D eigenvalue weighted by Crippen LogP contribution is -2.49. The Balaban J connectivity index is 1.15. The summed E-state index contributed by atoms with van der Waals surface area (Å²) in [6.07, 6.45) is 1.38. The summed E-state index contributed by atoms with van der Waals surface area (Å²) in [5, 5.41) is 2.97. The third-order valence-electron chi connectivity index (χ3n) is 8.78. The van der Waals surface area contributed by atoms with Crippen LogP contribution in [0.5, 0.6) is 5.75 Å². The fourth-order valence-electron chi connectivity index (χ4n) is 5.92. The molecule has 46 heavy (non-hydrogen) atoms. The number of aryl methyl sites for hydroxylation is 2. The Labute approximate surface area is 274 Å². The number of nitrogens with one attached hydrogen (secondary N) is 1. The number of benzene rings is 4. The molecule has 1 amide bonds. The molecule has 8 heteroatoms. The monoisotopic (exact) mass is 639 g/mol. The molecule has 7 nitrogen and oxygen atoms in total. The molecule has 0 saturated carbocycles. The largest absolute Gasteiger partial charge is 0.493 e. The smallest absolute Gasteiger partial charge is 0.243 e. The van der Waals surface area contributed by atoms with E-state index < -0.39 is 15.4 Å². The van der Waals surface area contributed by atoms with Crippen LogP contribution in [0.4, 0.5) is 5.69 Å². The van der Waals surface area contributed by atoms with Gasteiger partial charge in [-0.15, -0.1) is 0 Å². The van der Waals surface area contributed by atoms with Gasteiger partial charge in [-0.3, -0.25) is 9.69 Å². The Hall–Kier alpha value is -3.98. The van der Waals surface area contributed by atoms with Gasteiger partial charge in [0.05, 0.1) is 17.5 Å². The van der Waals surface area contributed by atoms with Crippen LogP contribution in [0.1, 0.15) is 55.0 Å². The van der Waals surface area contributed by atoms with Crippen molar-refractivity contribution in [1.29, 1.82) is 0 Å². The van der Waals surface area contributed by atoms with Crippen molar-refractivity contribution >= 4 is 21.6 Å². The Bertz CT molecular complexity index is 1660. The van der Waals surface area contributed by atoms with Crippen molar-refractivity contribution in [3.63, 3.8) is 0 Å². The molecule has 0 atom stereocenters. The highest BCUT2D eigenvalue weighted by Crippen LogP contribution is 2.31. The molecular weight excluding hydrogens is 595 g/mol. The van der Waals surface area contributed by atoms with Gasteiger partial charge in [0.2, 0.25) is 15.9 Å². The first-order valence-electron chi connectivity index (χ1n) is 16.0. The van der Waals surface area contributed by atoms with Crippen LogP contribution in [0, 0.1) is 19.3 Å². The number of hydrogen-bond acceptors (Lipinski definition) is 5. The van der Waals surface area contributed by atoms with Crippen LogP contribution in [0.25, 0.3) is 0 Å². The van der Waals surface area contributed by atoms with E-state index in [-0.39, 0.29) is 16.8 Å². The molecule has 1 fully saturated rings. The molecule has 1 N–H and O–H groups in total. The number of piperazine rings is 1. The van der Waals surface area contributed by atoms with Crippen molar-refractivity contribution in [2.45, 2.75) is 51.5 Å². The van der Waals surface area contributed by atoms with Gasteiger partial charge in [-0.25, -0.2) is 8.42 Å². The minimum Gasteiger partial charge on any atom is -0.493 e. The average molecular weight is 640 g/mol. The van der Waals surface area contributed by atoms with Crippen LogP contribution in [-0.2, 0) is 14.8 Å². The van der Waals surface area contributed by atoms with E-state index in [0.29, 0.717) is 44.9 Å². The summed E-state index contributed by atoms with van der Waals surface area (Å²) in [5.41, 5.74) is 4.58. The molecule has 1 aliphatic rings. The third-order valence-corrected chi connectivity index (χ3v) is 10.7. The van der Waals surface area contributed by atoms with E-state index in [2.05, 4.69) is 40.5 Å². The fourth-order valence-corrected chi connectivity index (χ4v) is 7.34. The van der Waals surface area contributed by atoms with Gasteiger partial charge in [0.25, 0.3) is 0 Å². The molecule has 0 unspecified atom stereocenters. The van der Waals surface area contributed by atoms with Crippen LogP contribution in [-0.4, -0.2) is 56.3 Å². The number of hydrogen-bond donors (Lipinski definition) is 1. The number of carbonyl (C=O) groups is 1. The Kier molecular flexibility index (Phi) is 10.6. The van der Waals surface area contributed by atoms with E-state index in [1.807, 2.05) is 76.2 Å². The number of ether oxygens (including phenoxy) is 1. The summed E-state index contributed by atoms with van der Waals surface area (Å²) in [4.78, 5) is 15.7. The molecule has 4 aromatic carbocycles. The molecule has 0 spiro atoms. The molecular formula is C38H45N3O4S. The van der Waals surface area contributed by atoms with E-state index in [9.17, 15) is 13.2 Å². The van der Waals surface area contributed by atoms with E-state index in [0.717, 1.165) is 23.3 Å². The van der Waals surface area contributed by atoms with Crippen LogP contribution in [0.2, 0.25) is 0 Å². The highest BCUT2D eigenvalue weighted by Gasteiger charge is 2.32. The quantitative estimate of drug-likeness (QED) is 0.166. The van der Waals surface area contributed by atoms with Crippen LogP contribution in [0.3, 0.4) is 0 Å². The van der Waals surface area contributed by atoms with Crippen molar-refractivity contribution in [1.82, 2.24) is 9.21 Å². The molecule has 1 saturated heterocycles. The number of carbonyl (C=O) groups excluding carboxylic acids is 1. The summed E-state index contributed by atoms with van der Waals surface area (Å²) >= 11 is 0. The van der Waals surface area contributed by atoms with Crippen molar-refractivity contribution in [3.05, 3.63) is 125 Å². The SMILES string of the molecule is Cc1ccc(C)c(OCCCC(C)(C)C(=O)Nc2ccc(S(=O)(=O)N3CCN(C(c4ccccc4)c4ccccc4)CC3)cc2)c1. The van der Waals surface area contributed by atoms with E-state index in [1.54, 1.807) is 28.6 Å². The zero-order valence-electron chi connectivity index (χ0n) is 27.3. The Morgan fingerprint density at radius 1 is 0.826 bits per heavy atom. The van der Waals surface area contributed by atoms with E-state index in [1.165, 1.54) is 11.1 Å². The third kappa shape index (κ3) is 8.05. The standard InChI is InChI=1S/C38H45N3O4S/c1-29-16-17-30(2)35(28-29)45-27-11-22-38(3,4)37(42)39-33-18-20-34(21-19-33)46(43,44)41-25-23-40(24-26-41)36(31-12-7-5-8-13-31)32-14-9-6-10-15-32/h5-10,12-21,28,36H,11,22-27H2,1-4H3,(H,39,42). The van der Waals surface area contributed by atoms with Gasteiger partial charge in [0.1, 0.15) is 5.75 Å². The number of sulfonamides is 1. The van der Waals surface area contributed by atoms with Crippen molar-refractivity contribution in [3.8, 4) is 5.75 Å². The van der Waals surface area contributed by atoms with E-state index in [4.69, 9.17) is 4.74 Å². The van der Waals surface area contributed by atoms with Crippen molar-refractivity contribution in [2.75, 3.05) is 38.1 Å². The maximum atomic E-state index is 13.6. The van der Waals surface area contributed by atoms with Crippen molar-refractivity contribution < 1.29 is 17.9 Å². The summed E-state index contributed by atoms with van der Waals surface area (Å²) in [5.74, 6) is 0.764. The lowest BCUT2D eigenvalue weighted by molar-refractivity contribution is -0.124. The first kappa shape index (κ1) is 33.4. The first-order valence-corrected chi connectivity index (χ1v) is 17.4. The summed E-state index contributed by atoms with van der Waals surface area (Å²) < 4.78 is 34.7. The lowest BCUT2D eigenvalue weighted by atomic mass is 9.87. The van der Waals surface area contributed by atoms with E-state index >= 15 is 0 Å². The zero-order valence-corrected chi connectivity index (χ0v) is 28.1. The van der Waals surface area contributed by atoms with Gasteiger partial charge in [-0.1, -0.05) is 86.6 Å². The average Bonchev–Trinajstić information content (AvgIpc) is 3.06. The predicted molar refractivity (Wildman–Crippen MR) is 185 cm³/mol. The molecule has 5 rings (SSSR count). The second-order valence-electron chi connectivity index (χ2n) is 12.7. The fraction of sp³-hybridized carbons (Fsp3) is 0.342. The van der Waals surface area contributed by atoms with Gasteiger partial charge >= 0.3 is 0 Å². The molecule has 4 aromatic rings. The Morgan fingerprint density at radius 3 is 2.00 bits per heavy atom. The number of amides is 1. The molecule has 0 aromatic heterocycles. The zero-order chi connectivity index (χ0) is 32.7. The summed E-state index contributed by atoms with van der Waals surface area (Å²) in [6, 6.07) is 33.4. The van der Waals surface area contributed by atoms with Crippen molar-refractivity contribution in [2.24, 2.45) is 5.41 Å². The van der Waals surface area contributed by atoms with Gasteiger partial charge < -0.3 is 10.1 Å². The second-order valence-corrected chi connectivity index (χ2v) is 14.7. The molecule has 1 heterocycles. The lowest BCUT2D eigenvalue weighted by Gasteiger charge is -2.39. The van der Waals surface area contributed by atoms with Gasteiger partial charge in [0, 0.05) is 37.3 Å². The molecule has 0 bridgehead atoms. The normalized spacial score (nSPS) is 14.7.